The Hall–Kier alpha value is 0.734. The molecule has 0 spiro atoms. The Balaban J connectivity index is 0. The molecule has 0 radical (unpaired) electrons. The summed E-state index contributed by atoms with van der Waals surface area (Å²) in [5.74, 6) is 0.981. The summed E-state index contributed by atoms with van der Waals surface area (Å²) in [5, 5.41) is 0. The zero-order valence-electron chi connectivity index (χ0n) is 3.92. The molecular weight excluding hydrogens is 173 g/mol. The summed E-state index contributed by atoms with van der Waals surface area (Å²) in [4.78, 5) is 0. The zero-order chi connectivity index (χ0) is 4.99. The van der Waals surface area contributed by atoms with Crippen molar-refractivity contribution in [3.63, 3.8) is 0 Å². The maximum absolute atomic E-state index is 5.10. The maximum atomic E-state index is 5.10. The van der Waals surface area contributed by atoms with Crippen LogP contribution in [0.4, 0.5) is 0 Å². The SMILES string of the molecule is CCSC(N)=S.[Ni]. The fourth-order valence-electron chi connectivity index (χ4n) is 0.142. The molecular formula is C3H7NNiS2. The van der Waals surface area contributed by atoms with Crippen molar-refractivity contribution < 1.29 is 16.5 Å². The fourth-order valence-corrected chi connectivity index (χ4v) is 0.780. The molecule has 0 unspecified atom stereocenters. The van der Waals surface area contributed by atoms with Crippen molar-refractivity contribution in [2.75, 3.05) is 5.75 Å². The van der Waals surface area contributed by atoms with E-state index >= 15 is 0 Å². The van der Waals surface area contributed by atoms with Gasteiger partial charge in [0.2, 0.25) is 0 Å². The van der Waals surface area contributed by atoms with E-state index in [0.29, 0.717) is 4.32 Å². The van der Waals surface area contributed by atoms with Gasteiger partial charge in [-0.2, -0.15) is 0 Å². The molecule has 0 aliphatic rings. The average molecular weight is 180 g/mol. The van der Waals surface area contributed by atoms with Crippen LogP contribution < -0.4 is 5.73 Å². The molecule has 0 aromatic heterocycles. The zero-order valence-corrected chi connectivity index (χ0v) is 6.54. The molecule has 0 aliphatic heterocycles. The van der Waals surface area contributed by atoms with Gasteiger partial charge >= 0.3 is 0 Å². The summed E-state index contributed by atoms with van der Waals surface area (Å²) in [7, 11) is 0. The minimum absolute atomic E-state index is 0. The molecule has 0 heterocycles. The van der Waals surface area contributed by atoms with Crippen molar-refractivity contribution >= 4 is 28.3 Å². The number of rotatable bonds is 1. The van der Waals surface area contributed by atoms with Gasteiger partial charge in [0, 0.05) is 16.5 Å². The molecule has 0 aromatic carbocycles. The minimum atomic E-state index is 0. The second-order valence-corrected chi connectivity index (χ2v) is 2.76. The van der Waals surface area contributed by atoms with E-state index < -0.39 is 0 Å². The molecule has 0 rings (SSSR count). The van der Waals surface area contributed by atoms with Gasteiger partial charge in [-0.3, -0.25) is 0 Å². The van der Waals surface area contributed by atoms with Crippen LogP contribution in [-0.2, 0) is 16.5 Å². The normalized spacial score (nSPS) is 7.00. The Kier molecular flexibility index (Phi) is 10.3. The Labute approximate surface area is 63.3 Å². The number of nitrogens with two attached hydrogens (primary N) is 1. The third-order valence-corrected chi connectivity index (χ3v) is 1.21. The van der Waals surface area contributed by atoms with Crippen molar-refractivity contribution in [2.45, 2.75) is 6.92 Å². The molecule has 0 aliphatic carbocycles. The van der Waals surface area contributed by atoms with Crippen molar-refractivity contribution in [2.24, 2.45) is 5.73 Å². The van der Waals surface area contributed by atoms with E-state index in [4.69, 9.17) is 5.73 Å². The third kappa shape index (κ3) is 10.8. The number of thioether (sulfide) groups is 1. The summed E-state index contributed by atoms with van der Waals surface area (Å²) in [6.45, 7) is 2.02. The van der Waals surface area contributed by atoms with Gasteiger partial charge in [-0.25, -0.2) is 0 Å². The molecule has 46 valence electrons. The second kappa shape index (κ2) is 6.73. The summed E-state index contributed by atoms with van der Waals surface area (Å²) in [6, 6.07) is 0. The smallest absolute Gasteiger partial charge is 0.131 e. The summed E-state index contributed by atoms with van der Waals surface area (Å²) < 4.78 is 0.539. The van der Waals surface area contributed by atoms with E-state index in [-0.39, 0.29) is 16.5 Å². The quantitative estimate of drug-likeness (QED) is 0.481. The molecule has 0 saturated heterocycles. The van der Waals surface area contributed by atoms with Crippen LogP contribution in [0.5, 0.6) is 0 Å². The summed E-state index contributed by atoms with van der Waals surface area (Å²) in [5.41, 5.74) is 5.10. The molecule has 7 heavy (non-hydrogen) atoms. The van der Waals surface area contributed by atoms with Crippen LogP contribution in [0.2, 0.25) is 0 Å². The van der Waals surface area contributed by atoms with Crippen molar-refractivity contribution in [3.8, 4) is 0 Å². The molecule has 4 heteroatoms. The molecule has 0 bridgehead atoms. The van der Waals surface area contributed by atoms with Crippen LogP contribution in [0.15, 0.2) is 0 Å². The largest absolute Gasteiger partial charge is 0.385 e. The van der Waals surface area contributed by atoms with Gasteiger partial charge in [0.05, 0.1) is 0 Å². The maximum Gasteiger partial charge on any atom is 0.131 e. The van der Waals surface area contributed by atoms with Gasteiger partial charge < -0.3 is 5.73 Å². The predicted molar refractivity (Wildman–Crippen MR) is 34.9 cm³/mol. The van der Waals surface area contributed by atoms with Crippen LogP contribution >= 0.6 is 24.0 Å². The van der Waals surface area contributed by atoms with Gasteiger partial charge in [0.15, 0.2) is 0 Å². The molecule has 0 amide bonds. The number of hydrogen-bond donors (Lipinski definition) is 1. The first kappa shape index (κ1) is 10.7. The van der Waals surface area contributed by atoms with Gasteiger partial charge in [0.25, 0.3) is 0 Å². The van der Waals surface area contributed by atoms with Crippen LogP contribution in [0.1, 0.15) is 6.92 Å². The van der Waals surface area contributed by atoms with E-state index in [1.807, 2.05) is 6.92 Å². The Bertz CT molecular complexity index is 56.9. The van der Waals surface area contributed by atoms with Crippen LogP contribution in [-0.4, -0.2) is 10.1 Å². The average Bonchev–Trinajstić information content (AvgIpc) is 1.35. The van der Waals surface area contributed by atoms with Crippen molar-refractivity contribution in [1.82, 2.24) is 0 Å². The molecule has 2 N–H and O–H groups in total. The standard InChI is InChI=1S/C3H7NS2.Ni/c1-2-6-3(4)5;/h2H2,1H3,(H2,4,5);. The van der Waals surface area contributed by atoms with Crippen LogP contribution in [0.25, 0.3) is 0 Å². The topological polar surface area (TPSA) is 26.0 Å². The molecule has 0 saturated carbocycles. The molecule has 0 atom stereocenters. The number of thiocarbonyl (C=S) groups is 1. The third-order valence-electron chi connectivity index (χ3n) is 0.287. The molecule has 0 fully saturated rings. The first-order valence-corrected chi connectivity index (χ1v) is 3.09. The Morgan fingerprint density at radius 1 is 1.86 bits per heavy atom. The van der Waals surface area contributed by atoms with E-state index in [2.05, 4.69) is 12.2 Å². The van der Waals surface area contributed by atoms with Gasteiger partial charge in [-0.15, -0.1) is 0 Å². The van der Waals surface area contributed by atoms with Crippen molar-refractivity contribution in [1.29, 1.82) is 0 Å². The van der Waals surface area contributed by atoms with Crippen LogP contribution in [0, 0.1) is 0 Å². The second-order valence-electron chi connectivity index (χ2n) is 0.752. The van der Waals surface area contributed by atoms with Crippen LogP contribution in [0.3, 0.4) is 0 Å². The van der Waals surface area contributed by atoms with E-state index in [1.165, 1.54) is 11.8 Å². The monoisotopic (exact) mass is 179 g/mol. The van der Waals surface area contributed by atoms with Gasteiger partial charge in [0.1, 0.15) is 4.32 Å². The van der Waals surface area contributed by atoms with E-state index in [0.717, 1.165) is 5.75 Å². The number of hydrogen-bond acceptors (Lipinski definition) is 2. The van der Waals surface area contributed by atoms with E-state index in [9.17, 15) is 0 Å². The minimum Gasteiger partial charge on any atom is -0.385 e. The first-order valence-electron chi connectivity index (χ1n) is 1.69. The fraction of sp³-hybridized carbons (Fsp3) is 0.667. The first-order chi connectivity index (χ1) is 2.77. The Morgan fingerprint density at radius 2 is 2.29 bits per heavy atom. The van der Waals surface area contributed by atoms with Gasteiger partial charge in [-0.05, 0) is 5.75 Å². The summed E-state index contributed by atoms with van der Waals surface area (Å²) >= 11 is 6.03. The van der Waals surface area contributed by atoms with E-state index in [1.54, 1.807) is 0 Å². The predicted octanol–water partition coefficient (Wildman–Crippen LogP) is 0.981. The van der Waals surface area contributed by atoms with Crippen molar-refractivity contribution in [3.05, 3.63) is 0 Å². The van der Waals surface area contributed by atoms with Gasteiger partial charge in [-0.1, -0.05) is 30.9 Å². The molecule has 0 aromatic rings. The molecule has 1 nitrogen and oxygen atoms in total. The summed E-state index contributed by atoms with van der Waals surface area (Å²) in [6.07, 6.45) is 0. The Morgan fingerprint density at radius 3 is 2.29 bits per heavy atom.